The molecule has 0 bridgehead atoms. The Morgan fingerprint density at radius 1 is 0.909 bits per heavy atom. The summed E-state index contributed by atoms with van der Waals surface area (Å²) in [5, 5.41) is 16.8. The van der Waals surface area contributed by atoms with Crippen LogP contribution >= 0.6 is 0 Å². The zero-order valence-corrected chi connectivity index (χ0v) is 10.6. The first-order valence-corrected chi connectivity index (χ1v) is 5.60. The van der Waals surface area contributed by atoms with Crippen LogP contribution < -0.4 is 5.73 Å². The first kappa shape index (κ1) is 15.4. The maximum atomic E-state index is 13.6. The third-order valence-corrected chi connectivity index (χ3v) is 2.56. The van der Waals surface area contributed by atoms with Crippen molar-refractivity contribution in [2.45, 2.75) is 0 Å². The Balaban J connectivity index is 2.52. The average molecular weight is 314 g/mol. The SMILES string of the molecule is Nc1ccc(/N=N/c2c(F)c(F)c([N+](=O)[O-])c(F)c2F)cc1. The van der Waals surface area contributed by atoms with Gasteiger partial charge in [-0.1, -0.05) is 0 Å². The van der Waals surface area contributed by atoms with Crippen molar-refractivity contribution in [1.82, 2.24) is 0 Å². The van der Waals surface area contributed by atoms with E-state index in [1.807, 2.05) is 0 Å². The number of anilines is 1. The molecule has 0 saturated carbocycles. The van der Waals surface area contributed by atoms with E-state index < -0.39 is 39.6 Å². The lowest BCUT2D eigenvalue weighted by Gasteiger charge is -2.02. The minimum atomic E-state index is -2.16. The number of rotatable bonds is 3. The van der Waals surface area contributed by atoms with E-state index in [9.17, 15) is 27.7 Å². The molecule has 6 nitrogen and oxygen atoms in total. The molecule has 0 aliphatic heterocycles. The lowest BCUT2D eigenvalue weighted by atomic mass is 10.2. The van der Waals surface area contributed by atoms with Gasteiger partial charge < -0.3 is 5.73 Å². The largest absolute Gasteiger partial charge is 0.399 e. The molecule has 114 valence electrons. The molecule has 0 fully saturated rings. The second kappa shape index (κ2) is 5.76. The fraction of sp³-hybridized carbons (Fsp3) is 0. The summed E-state index contributed by atoms with van der Waals surface area (Å²) in [5.41, 5.74) is 2.57. The second-order valence-electron chi connectivity index (χ2n) is 4.00. The highest BCUT2D eigenvalue weighted by Crippen LogP contribution is 2.35. The highest BCUT2D eigenvalue weighted by Gasteiger charge is 2.33. The van der Waals surface area contributed by atoms with Crippen molar-refractivity contribution in [3.63, 3.8) is 0 Å². The predicted molar refractivity (Wildman–Crippen MR) is 68.0 cm³/mol. The Morgan fingerprint density at radius 2 is 1.41 bits per heavy atom. The smallest absolute Gasteiger partial charge is 0.346 e. The Bertz CT molecular complexity index is 749. The van der Waals surface area contributed by atoms with Gasteiger partial charge in [-0.05, 0) is 24.3 Å². The summed E-state index contributed by atoms with van der Waals surface area (Å²) in [6.07, 6.45) is 0. The summed E-state index contributed by atoms with van der Waals surface area (Å²) in [7, 11) is 0. The van der Waals surface area contributed by atoms with Crippen molar-refractivity contribution in [2.75, 3.05) is 5.73 Å². The number of nitrogens with two attached hydrogens (primary N) is 1. The van der Waals surface area contributed by atoms with Gasteiger partial charge in [0, 0.05) is 5.69 Å². The number of benzene rings is 2. The van der Waals surface area contributed by atoms with Crippen LogP contribution in [0.2, 0.25) is 0 Å². The van der Waals surface area contributed by atoms with Gasteiger partial charge in [0.15, 0.2) is 17.3 Å². The van der Waals surface area contributed by atoms with Crippen LogP contribution in [0.15, 0.2) is 34.5 Å². The highest BCUT2D eigenvalue weighted by molar-refractivity contribution is 5.51. The van der Waals surface area contributed by atoms with E-state index in [2.05, 4.69) is 10.2 Å². The normalized spacial score (nSPS) is 11.1. The standard InChI is InChI=1S/C12H6F4N4O2/c13-7-9(15)12(20(21)22)10(16)8(14)11(7)19-18-6-3-1-5(17)2-4-6/h1-4H,17H2/b19-18+. The van der Waals surface area contributed by atoms with Gasteiger partial charge in [0.25, 0.3) is 0 Å². The topological polar surface area (TPSA) is 93.9 Å². The van der Waals surface area contributed by atoms with E-state index in [4.69, 9.17) is 5.73 Å². The van der Waals surface area contributed by atoms with Gasteiger partial charge in [-0.3, -0.25) is 10.1 Å². The molecular formula is C12H6F4N4O2. The van der Waals surface area contributed by atoms with Gasteiger partial charge in [0.1, 0.15) is 0 Å². The predicted octanol–water partition coefficient (Wildman–Crippen LogP) is 4.15. The molecule has 2 aromatic carbocycles. The molecule has 0 aromatic heterocycles. The number of hydrogen-bond donors (Lipinski definition) is 1. The number of halogens is 4. The Morgan fingerprint density at radius 3 is 1.86 bits per heavy atom. The molecule has 22 heavy (non-hydrogen) atoms. The lowest BCUT2D eigenvalue weighted by Crippen LogP contribution is -2.03. The third-order valence-electron chi connectivity index (χ3n) is 2.56. The summed E-state index contributed by atoms with van der Waals surface area (Å²) in [6.45, 7) is 0. The molecule has 0 aliphatic rings. The van der Waals surface area contributed by atoms with Crippen LogP contribution in [0.4, 0.5) is 40.3 Å². The number of nitro groups is 1. The summed E-state index contributed by atoms with van der Waals surface area (Å²) in [6, 6.07) is 5.51. The van der Waals surface area contributed by atoms with Gasteiger partial charge in [-0.25, -0.2) is 8.78 Å². The average Bonchev–Trinajstić information content (AvgIpc) is 2.47. The maximum Gasteiger partial charge on any atom is 0.346 e. The van der Waals surface area contributed by atoms with Crippen molar-refractivity contribution in [3.05, 3.63) is 57.6 Å². The Labute approximate surface area is 120 Å². The molecule has 0 saturated heterocycles. The zero-order chi connectivity index (χ0) is 16.4. The van der Waals surface area contributed by atoms with Crippen LogP contribution in [0, 0.1) is 33.4 Å². The number of nitrogens with zero attached hydrogens (tertiary/aromatic N) is 3. The van der Waals surface area contributed by atoms with E-state index >= 15 is 0 Å². The quantitative estimate of drug-likeness (QED) is 0.230. The van der Waals surface area contributed by atoms with Gasteiger partial charge in [0.05, 0.1) is 10.6 Å². The molecule has 0 heterocycles. The number of azo groups is 1. The van der Waals surface area contributed by atoms with Crippen molar-refractivity contribution < 1.29 is 22.5 Å². The molecule has 2 N–H and O–H groups in total. The summed E-state index contributed by atoms with van der Waals surface area (Å²) < 4.78 is 53.9. The van der Waals surface area contributed by atoms with E-state index in [0.717, 1.165) is 0 Å². The van der Waals surface area contributed by atoms with E-state index in [0.29, 0.717) is 5.69 Å². The minimum Gasteiger partial charge on any atom is -0.399 e. The fourth-order valence-electron chi connectivity index (χ4n) is 1.51. The van der Waals surface area contributed by atoms with Crippen molar-refractivity contribution >= 4 is 22.7 Å². The van der Waals surface area contributed by atoms with Crippen LogP contribution in [0.3, 0.4) is 0 Å². The molecule has 0 aliphatic carbocycles. The highest BCUT2D eigenvalue weighted by atomic mass is 19.2. The van der Waals surface area contributed by atoms with Crippen molar-refractivity contribution in [2.24, 2.45) is 10.2 Å². The summed E-state index contributed by atoms with van der Waals surface area (Å²) >= 11 is 0. The summed E-state index contributed by atoms with van der Waals surface area (Å²) in [5.74, 6) is -8.33. The van der Waals surface area contributed by atoms with Gasteiger partial charge in [-0.15, -0.1) is 5.11 Å². The molecule has 10 heteroatoms. The van der Waals surface area contributed by atoms with E-state index in [1.54, 1.807) is 0 Å². The van der Waals surface area contributed by atoms with Gasteiger partial charge in [0.2, 0.25) is 11.6 Å². The van der Waals surface area contributed by atoms with Crippen molar-refractivity contribution in [1.29, 1.82) is 0 Å². The molecule has 0 radical (unpaired) electrons. The van der Waals surface area contributed by atoms with Crippen LogP contribution in [-0.4, -0.2) is 4.92 Å². The molecule has 0 spiro atoms. The number of hydrogen-bond acceptors (Lipinski definition) is 5. The van der Waals surface area contributed by atoms with Crippen LogP contribution in [0.5, 0.6) is 0 Å². The van der Waals surface area contributed by atoms with Crippen LogP contribution in [0.25, 0.3) is 0 Å². The van der Waals surface area contributed by atoms with Crippen LogP contribution in [0.1, 0.15) is 0 Å². The second-order valence-corrected chi connectivity index (χ2v) is 4.00. The Hall–Kier alpha value is -3.04. The van der Waals surface area contributed by atoms with Crippen LogP contribution in [-0.2, 0) is 0 Å². The number of nitro benzene ring substituents is 1. The number of nitrogen functional groups attached to an aromatic ring is 1. The van der Waals surface area contributed by atoms with Gasteiger partial charge in [-0.2, -0.15) is 13.9 Å². The van der Waals surface area contributed by atoms with E-state index in [1.165, 1.54) is 24.3 Å². The van der Waals surface area contributed by atoms with Gasteiger partial charge >= 0.3 is 5.69 Å². The van der Waals surface area contributed by atoms with Crippen molar-refractivity contribution in [3.8, 4) is 0 Å². The monoisotopic (exact) mass is 314 g/mol. The summed E-state index contributed by atoms with van der Waals surface area (Å²) in [4.78, 5) is 8.82. The first-order chi connectivity index (χ1) is 10.3. The maximum absolute atomic E-state index is 13.6. The molecule has 2 rings (SSSR count). The third kappa shape index (κ3) is 2.71. The first-order valence-electron chi connectivity index (χ1n) is 5.60. The molecular weight excluding hydrogens is 308 g/mol. The molecule has 0 unspecified atom stereocenters. The molecule has 2 aromatic rings. The lowest BCUT2D eigenvalue weighted by molar-refractivity contribution is -0.390. The molecule has 0 amide bonds. The Kier molecular flexibility index (Phi) is 4.02. The molecule has 0 atom stereocenters. The van der Waals surface area contributed by atoms with E-state index in [-0.39, 0.29) is 5.69 Å². The fourth-order valence-corrected chi connectivity index (χ4v) is 1.51. The minimum absolute atomic E-state index is 0.104. The zero-order valence-electron chi connectivity index (χ0n) is 10.6.